The van der Waals surface area contributed by atoms with E-state index in [1.807, 2.05) is 20.8 Å². The lowest BCUT2D eigenvalue weighted by atomic mass is 10.1. The molecule has 0 radical (unpaired) electrons. The summed E-state index contributed by atoms with van der Waals surface area (Å²) in [6.07, 6.45) is 0. The average molecular weight is 221 g/mol. The summed E-state index contributed by atoms with van der Waals surface area (Å²) >= 11 is 0. The first-order chi connectivity index (χ1) is 7.50. The molecule has 1 aromatic carbocycles. The van der Waals surface area contributed by atoms with Gasteiger partial charge in [-0.2, -0.15) is 5.10 Å². The number of nitrogens with one attached hydrogen (secondary N) is 1. The van der Waals surface area contributed by atoms with Gasteiger partial charge in [-0.25, -0.2) is 0 Å². The minimum absolute atomic E-state index is 0.0578. The molecule has 0 saturated carbocycles. The van der Waals surface area contributed by atoms with Crippen LogP contribution in [-0.2, 0) is 0 Å². The molecule has 0 aromatic heterocycles. The third kappa shape index (κ3) is 3.34. The highest BCUT2D eigenvalue weighted by molar-refractivity contribution is 5.84. The van der Waals surface area contributed by atoms with Crippen molar-refractivity contribution >= 4 is 17.1 Å². The molecule has 0 bridgehead atoms. The van der Waals surface area contributed by atoms with Crippen molar-refractivity contribution in [2.24, 2.45) is 11.0 Å². The van der Waals surface area contributed by atoms with Gasteiger partial charge < -0.3 is 0 Å². The fourth-order valence-electron chi connectivity index (χ4n) is 0.971. The van der Waals surface area contributed by atoms with Crippen LogP contribution >= 0.6 is 0 Å². The fraction of sp³-hybridized carbons (Fsp3) is 0.364. The smallest absolute Gasteiger partial charge is 0.271 e. The highest BCUT2D eigenvalue weighted by atomic mass is 16.6. The third-order valence-electron chi connectivity index (χ3n) is 2.25. The predicted molar refractivity (Wildman–Crippen MR) is 64.7 cm³/mol. The molecule has 0 saturated heterocycles. The van der Waals surface area contributed by atoms with Gasteiger partial charge in [0.1, 0.15) is 0 Å². The topological polar surface area (TPSA) is 67.5 Å². The van der Waals surface area contributed by atoms with Crippen LogP contribution in [0.15, 0.2) is 29.4 Å². The number of benzene rings is 1. The number of hydrogen-bond acceptors (Lipinski definition) is 4. The van der Waals surface area contributed by atoms with Gasteiger partial charge in [0.15, 0.2) is 0 Å². The number of hydrazone groups is 1. The van der Waals surface area contributed by atoms with Crippen LogP contribution in [0.25, 0.3) is 0 Å². The second-order valence-corrected chi connectivity index (χ2v) is 3.83. The molecule has 0 aliphatic rings. The fourth-order valence-corrected chi connectivity index (χ4v) is 0.971. The summed E-state index contributed by atoms with van der Waals surface area (Å²) in [6.45, 7) is 5.98. The SMILES string of the molecule is C/C(=N\Nc1cccc([N+](=O)[O-])c1)C(C)C. The van der Waals surface area contributed by atoms with Crippen molar-refractivity contribution in [3.8, 4) is 0 Å². The standard InChI is InChI=1S/C11H15N3O2/c1-8(2)9(3)12-13-10-5-4-6-11(7-10)14(15)16/h4-8,13H,1-3H3/b12-9+. The van der Waals surface area contributed by atoms with Crippen LogP contribution in [0.2, 0.25) is 0 Å². The quantitative estimate of drug-likeness (QED) is 0.482. The minimum Gasteiger partial charge on any atom is -0.278 e. The first kappa shape index (κ1) is 12.2. The van der Waals surface area contributed by atoms with Crippen LogP contribution in [-0.4, -0.2) is 10.6 Å². The molecule has 0 fully saturated rings. The zero-order chi connectivity index (χ0) is 12.1. The Bertz CT molecular complexity index is 413. The number of nitrogens with zero attached hydrogens (tertiary/aromatic N) is 2. The lowest BCUT2D eigenvalue weighted by Gasteiger charge is -2.05. The number of hydrogen-bond donors (Lipinski definition) is 1. The minimum atomic E-state index is -0.426. The molecule has 1 rings (SSSR count). The Labute approximate surface area is 94.3 Å². The molecule has 86 valence electrons. The van der Waals surface area contributed by atoms with Crippen molar-refractivity contribution in [3.63, 3.8) is 0 Å². The second-order valence-electron chi connectivity index (χ2n) is 3.83. The Morgan fingerprint density at radius 2 is 2.19 bits per heavy atom. The number of non-ortho nitro benzene ring substituents is 1. The Hall–Kier alpha value is -1.91. The molecule has 1 aromatic rings. The molecular weight excluding hydrogens is 206 g/mol. The molecule has 0 spiro atoms. The highest BCUT2D eigenvalue weighted by Gasteiger charge is 2.05. The summed E-state index contributed by atoms with van der Waals surface area (Å²) in [5, 5.41) is 14.7. The second kappa shape index (κ2) is 5.25. The van der Waals surface area contributed by atoms with Gasteiger partial charge >= 0.3 is 0 Å². The van der Waals surface area contributed by atoms with Crippen molar-refractivity contribution in [2.75, 3.05) is 5.43 Å². The van der Waals surface area contributed by atoms with Gasteiger partial charge in [0.2, 0.25) is 0 Å². The average Bonchev–Trinajstić information content (AvgIpc) is 2.26. The van der Waals surface area contributed by atoms with Crippen molar-refractivity contribution < 1.29 is 4.92 Å². The Morgan fingerprint density at radius 3 is 2.75 bits per heavy atom. The third-order valence-corrected chi connectivity index (χ3v) is 2.25. The molecule has 5 nitrogen and oxygen atoms in total. The Kier molecular flexibility index (Phi) is 3.99. The molecule has 0 heterocycles. The van der Waals surface area contributed by atoms with Crippen molar-refractivity contribution in [1.82, 2.24) is 0 Å². The Balaban J connectivity index is 2.79. The van der Waals surface area contributed by atoms with E-state index in [1.165, 1.54) is 12.1 Å². The largest absolute Gasteiger partial charge is 0.278 e. The maximum atomic E-state index is 10.5. The molecule has 0 amide bonds. The summed E-state index contributed by atoms with van der Waals surface area (Å²) < 4.78 is 0. The summed E-state index contributed by atoms with van der Waals surface area (Å²) in [7, 11) is 0. The van der Waals surface area contributed by atoms with E-state index in [0.717, 1.165) is 5.71 Å². The number of nitro benzene ring substituents is 1. The molecule has 0 atom stereocenters. The zero-order valence-corrected chi connectivity index (χ0v) is 9.60. The van der Waals surface area contributed by atoms with E-state index < -0.39 is 4.92 Å². The lowest BCUT2D eigenvalue weighted by Crippen LogP contribution is -2.05. The monoisotopic (exact) mass is 221 g/mol. The molecule has 5 heteroatoms. The lowest BCUT2D eigenvalue weighted by molar-refractivity contribution is -0.384. The van der Waals surface area contributed by atoms with Crippen molar-refractivity contribution in [3.05, 3.63) is 34.4 Å². The number of nitro groups is 1. The highest BCUT2D eigenvalue weighted by Crippen LogP contribution is 2.17. The number of rotatable bonds is 4. The number of anilines is 1. The summed E-state index contributed by atoms with van der Waals surface area (Å²) in [4.78, 5) is 10.1. The summed E-state index contributed by atoms with van der Waals surface area (Å²) in [6, 6.07) is 6.27. The molecule has 0 aliphatic carbocycles. The van der Waals surface area contributed by atoms with E-state index in [4.69, 9.17) is 0 Å². The van der Waals surface area contributed by atoms with Gasteiger partial charge in [-0.3, -0.25) is 15.5 Å². The van der Waals surface area contributed by atoms with E-state index in [-0.39, 0.29) is 5.69 Å². The maximum Gasteiger partial charge on any atom is 0.271 e. The van der Waals surface area contributed by atoms with Gasteiger partial charge in [-0.15, -0.1) is 0 Å². The maximum absolute atomic E-state index is 10.5. The van der Waals surface area contributed by atoms with Gasteiger partial charge in [-0.1, -0.05) is 19.9 Å². The van der Waals surface area contributed by atoms with Gasteiger partial charge in [0.05, 0.1) is 10.6 Å². The van der Waals surface area contributed by atoms with Gasteiger partial charge in [0.25, 0.3) is 5.69 Å². The first-order valence-corrected chi connectivity index (χ1v) is 5.05. The van der Waals surface area contributed by atoms with Crippen molar-refractivity contribution in [2.45, 2.75) is 20.8 Å². The van der Waals surface area contributed by atoms with E-state index in [1.54, 1.807) is 12.1 Å². The van der Waals surface area contributed by atoms with Gasteiger partial charge in [-0.05, 0) is 18.9 Å². The van der Waals surface area contributed by atoms with E-state index in [2.05, 4.69) is 10.5 Å². The summed E-state index contributed by atoms with van der Waals surface area (Å²) in [5.41, 5.74) is 4.43. The van der Waals surface area contributed by atoms with Crippen molar-refractivity contribution in [1.29, 1.82) is 0 Å². The predicted octanol–water partition coefficient (Wildman–Crippen LogP) is 3.04. The van der Waals surface area contributed by atoms with E-state index >= 15 is 0 Å². The van der Waals surface area contributed by atoms with Crippen LogP contribution in [0, 0.1) is 16.0 Å². The first-order valence-electron chi connectivity index (χ1n) is 5.05. The van der Waals surface area contributed by atoms with Crippen LogP contribution in [0.1, 0.15) is 20.8 Å². The normalized spacial score (nSPS) is 11.6. The van der Waals surface area contributed by atoms with E-state index in [9.17, 15) is 10.1 Å². The molecule has 0 unspecified atom stereocenters. The van der Waals surface area contributed by atoms with Crippen LogP contribution in [0.4, 0.5) is 11.4 Å². The van der Waals surface area contributed by atoms with E-state index in [0.29, 0.717) is 11.6 Å². The molecular formula is C11H15N3O2. The van der Waals surface area contributed by atoms with Crippen LogP contribution < -0.4 is 5.43 Å². The summed E-state index contributed by atoms with van der Waals surface area (Å²) in [5.74, 6) is 0.353. The zero-order valence-electron chi connectivity index (χ0n) is 9.60. The molecule has 0 aliphatic heterocycles. The molecule has 1 N–H and O–H groups in total. The van der Waals surface area contributed by atoms with Gasteiger partial charge in [0, 0.05) is 17.8 Å². The molecule has 16 heavy (non-hydrogen) atoms. The van der Waals surface area contributed by atoms with Crippen LogP contribution in [0.5, 0.6) is 0 Å². The Morgan fingerprint density at radius 1 is 1.50 bits per heavy atom. The van der Waals surface area contributed by atoms with Crippen LogP contribution in [0.3, 0.4) is 0 Å².